The van der Waals surface area contributed by atoms with Gasteiger partial charge >= 0.3 is 0 Å². The van der Waals surface area contributed by atoms with E-state index in [0.717, 1.165) is 26.7 Å². The number of benzene rings is 6. The van der Waals surface area contributed by atoms with Crippen molar-refractivity contribution in [2.45, 2.75) is 5.41 Å². The summed E-state index contributed by atoms with van der Waals surface area (Å²) in [5.41, 5.74) is 6.97. The second-order valence-corrected chi connectivity index (χ2v) is 14.4. The maximum Gasteiger partial charge on any atom is 0.171 e. The molecular formula is C41H27OP. The summed E-state index contributed by atoms with van der Waals surface area (Å²) in [5, 5.41) is 7.33. The molecule has 0 bridgehead atoms. The molecule has 1 nitrogen and oxygen atoms in total. The Morgan fingerprint density at radius 1 is 0.581 bits per heavy atom. The Labute approximate surface area is 250 Å². The maximum atomic E-state index is 15.9. The topological polar surface area (TPSA) is 17.1 Å². The van der Waals surface area contributed by atoms with Crippen molar-refractivity contribution in [2.75, 3.05) is 0 Å². The van der Waals surface area contributed by atoms with Crippen LogP contribution in [0.3, 0.4) is 0 Å². The number of fused-ring (bicyclic) bond motifs is 9. The van der Waals surface area contributed by atoms with E-state index in [1.54, 1.807) is 0 Å². The first-order valence-corrected chi connectivity index (χ1v) is 16.5. The van der Waals surface area contributed by atoms with Crippen LogP contribution in [0, 0.1) is 0 Å². The zero-order chi connectivity index (χ0) is 28.6. The molecule has 0 saturated carbocycles. The van der Waals surface area contributed by atoms with Gasteiger partial charge in [0.15, 0.2) is 7.14 Å². The second-order valence-electron chi connectivity index (χ2n) is 11.6. The van der Waals surface area contributed by atoms with Gasteiger partial charge in [-0.05, 0) is 60.7 Å². The molecule has 6 aromatic carbocycles. The van der Waals surface area contributed by atoms with E-state index in [4.69, 9.17) is 0 Å². The lowest BCUT2D eigenvalue weighted by Gasteiger charge is -2.32. The van der Waals surface area contributed by atoms with Crippen LogP contribution in [0.25, 0.3) is 33.5 Å². The minimum Gasteiger partial charge on any atom is -0.309 e. The van der Waals surface area contributed by atoms with E-state index in [1.807, 2.05) is 60.7 Å². The molecule has 1 unspecified atom stereocenters. The van der Waals surface area contributed by atoms with Gasteiger partial charge in [0.25, 0.3) is 0 Å². The first-order valence-electron chi connectivity index (χ1n) is 14.8. The molecule has 202 valence electrons. The first kappa shape index (κ1) is 24.6. The number of rotatable bonds is 3. The molecule has 3 aliphatic rings. The van der Waals surface area contributed by atoms with Crippen molar-refractivity contribution in [1.29, 1.82) is 0 Å². The highest BCUT2D eigenvalue weighted by molar-refractivity contribution is 7.85. The first-order chi connectivity index (χ1) is 21.2. The molecule has 0 amide bonds. The van der Waals surface area contributed by atoms with Gasteiger partial charge < -0.3 is 4.57 Å². The number of hydrogen-bond donors (Lipinski definition) is 0. The van der Waals surface area contributed by atoms with E-state index in [2.05, 4.69) is 103 Å². The van der Waals surface area contributed by atoms with Gasteiger partial charge in [0, 0.05) is 15.9 Å². The third-order valence-corrected chi connectivity index (χ3v) is 12.5. The smallest absolute Gasteiger partial charge is 0.171 e. The van der Waals surface area contributed by atoms with E-state index in [-0.39, 0.29) is 0 Å². The number of allylic oxidation sites excluding steroid dienone is 4. The molecule has 0 N–H and O–H groups in total. The Morgan fingerprint density at radius 3 is 2.07 bits per heavy atom. The molecule has 2 heteroatoms. The van der Waals surface area contributed by atoms with Crippen LogP contribution in [0.5, 0.6) is 0 Å². The van der Waals surface area contributed by atoms with E-state index in [1.165, 1.54) is 43.8 Å². The Balaban J connectivity index is 1.42. The van der Waals surface area contributed by atoms with Crippen LogP contribution >= 0.6 is 7.14 Å². The van der Waals surface area contributed by atoms with Crippen molar-refractivity contribution in [3.63, 3.8) is 0 Å². The van der Waals surface area contributed by atoms with Crippen molar-refractivity contribution in [3.8, 4) is 11.1 Å². The van der Waals surface area contributed by atoms with Crippen molar-refractivity contribution in [2.24, 2.45) is 0 Å². The third-order valence-electron chi connectivity index (χ3n) is 9.45. The van der Waals surface area contributed by atoms with Gasteiger partial charge in [-0.2, -0.15) is 0 Å². The van der Waals surface area contributed by atoms with Crippen molar-refractivity contribution >= 4 is 45.5 Å². The van der Waals surface area contributed by atoms with E-state index in [9.17, 15) is 0 Å². The van der Waals surface area contributed by atoms with Crippen LogP contribution < -0.4 is 26.4 Å². The normalized spacial score (nSPS) is 17.7. The highest BCUT2D eigenvalue weighted by Gasteiger charge is 2.44. The predicted octanol–water partition coefficient (Wildman–Crippen LogP) is 6.89. The monoisotopic (exact) mass is 566 g/mol. The van der Waals surface area contributed by atoms with Crippen molar-refractivity contribution < 1.29 is 4.57 Å². The Hall–Kier alpha value is -4.97. The molecular weight excluding hydrogens is 539 g/mol. The number of hydrogen-bond acceptors (Lipinski definition) is 1. The SMILES string of the molecule is O=P(c1ccccc1)(c1ccccc1)c1cccc2ccc3c(c12)C1(C=CC2=c4ccccc4=CC2=C1)c1ccccc1-3. The molecule has 1 spiro atoms. The Morgan fingerprint density at radius 2 is 1.28 bits per heavy atom. The summed E-state index contributed by atoms with van der Waals surface area (Å²) in [6.07, 6.45) is 9.48. The molecule has 0 heterocycles. The van der Waals surface area contributed by atoms with Crippen LogP contribution in [0.2, 0.25) is 0 Å². The lowest BCUT2D eigenvalue weighted by Crippen LogP contribution is -2.29. The summed E-state index contributed by atoms with van der Waals surface area (Å²) in [6.45, 7) is 0. The summed E-state index contributed by atoms with van der Waals surface area (Å²) in [5.74, 6) is 0. The van der Waals surface area contributed by atoms with Gasteiger partial charge in [-0.15, -0.1) is 0 Å². The van der Waals surface area contributed by atoms with Crippen LogP contribution in [-0.4, -0.2) is 0 Å². The molecule has 0 saturated heterocycles. The molecule has 3 aliphatic carbocycles. The molecule has 9 rings (SSSR count). The molecule has 0 aromatic heterocycles. The van der Waals surface area contributed by atoms with Gasteiger partial charge in [-0.25, -0.2) is 0 Å². The largest absolute Gasteiger partial charge is 0.309 e. The summed E-state index contributed by atoms with van der Waals surface area (Å²) in [7, 11) is -3.24. The van der Waals surface area contributed by atoms with Gasteiger partial charge in [0.05, 0.1) is 5.41 Å². The van der Waals surface area contributed by atoms with Crippen LogP contribution in [0.15, 0.2) is 163 Å². The van der Waals surface area contributed by atoms with Crippen LogP contribution in [-0.2, 0) is 9.98 Å². The molecule has 1 atom stereocenters. The van der Waals surface area contributed by atoms with E-state index >= 15 is 4.57 Å². The minimum atomic E-state index is -3.24. The van der Waals surface area contributed by atoms with Gasteiger partial charge in [-0.1, -0.05) is 158 Å². The van der Waals surface area contributed by atoms with Crippen LogP contribution in [0.4, 0.5) is 0 Å². The Kier molecular flexibility index (Phi) is 5.16. The molecule has 43 heavy (non-hydrogen) atoms. The van der Waals surface area contributed by atoms with E-state index in [0.29, 0.717) is 0 Å². The van der Waals surface area contributed by atoms with Crippen molar-refractivity contribution in [3.05, 3.63) is 185 Å². The third kappa shape index (κ3) is 3.32. The predicted molar refractivity (Wildman–Crippen MR) is 180 cm³/mol. The molecule has 0 aliphatic heterocycles. The zero-order valence-electron chi connectivity index (χ0n) is 23.4. The summed E-state index contributed by atoms with van der Waals surface area (Å²) >= 11 is 0. The Bertz CT molecular complexity index is 2320. The highest BCUT2D eigenvalue weighted by atomic mass is 31.2. The van der Waals surface area contributed by atoms with Crippen molar-refractivity contribution in [1.82, 2.24) is 0 Å². The molecule has 0 radical (unpaired) electrons. The molecule has 0 fully saturated rings. The summed E-state index contributed by atoms with van der Waals surface area (Å²) in [4.78, 5) is 0. The average Bonchev–Trinajstić information content (AvgIpc) is 3.58. The van der Waals surface area contributed by atoms with Gasteiger partial charge in [-0.3, -0.25) is 0 Å². The highest BCUT2D eigenvalue weighted by Crippen LogP contribution is 2.57. The lowest BCUT2D eigenvalue weighted by molar-refractivity contribution is 0.592. The fourth-order valence-electron chi connectivity index (χ4n) is 7.60. The van der Waals surface area contributed by atoms with Gasteiger partial charge in [0.1, 0.15) is 0 Å². The maximum absolute atomic E-state index is 15.9. The zero-order valence-corrected chi connectivity index (χ0v) is 24.3. The summed E-state index contributed by atoms with van der Waals surface area (Å²) in [6, 6.07) is 48.3. The summed E-state index contributed by atoms with van der Waals surface area (Å²) < 4.78 is 15.9. The fourth-order valence-corrected chi connectivity index (χ4v) is 10.5. The quantitative estimate of drug-likeness (QED) is 0.213. The lowest BCUT2D eigenvalue weighted by atomic mass is 9.72. The molecule has 6 aromatic rings. The van der Waals surface area contributed by atoms with Crippen LogP contribution in [0.1, 0.15) is 11.1 Å². The fraction of sp³-hybridized carbons (Fsp3) is 0.0244. The standard InChI is InChI=1S/C41H27OP/c42-43(31-14-3-1-4-15-31,32-16-5-2-6-17-32)38-21-11-13-28-22-23-36-35-19-9-10-20-37(35)41(40(36)39(28)38)25-24-34-30(27-41)26-29-12-7-8-18-33(29)34/h1-27H. The minimum absolute atomic E-state index is 0.489. The average molecular weight is 567 g/mol. The van der Waals surface area contributed by atoms with E-state index < -0.39 is 12.6 Å². The second kappa shape index (κ2) is 9.01. The van der Waals surface area contributed by atoms with Gasteiger partial charge in [0.2, 0.25) is 0 Å².